The molecule has 8 nitrogen and oxygen atoms in total. The maximum Gasteiger partial charge on any atom is 0.514 e. The normalized spacial score (nSPS) is 15.6. The number of carbonyl (C=O) groups is 1. The third-order valence-electron chi connectivity index (χ3n) is 4.47. The van der Waals surface area contributed by atoms with E-state index >= 15 is 0 Å². The summed E-state index contributed by atoms with van der Waals surface area (Å²) in [6.07, 6.45) is -0.668. The second-order valence-electron chi connectivity index (χ2n) is 6.36. The smallest absolute Gasteiger partial charge is 0.426 e. The highest BCUT2D eigenvalue weighted by atomic mass is 16.7. The quantitative estimate of drug-likeness (QED) is 0.311. The van der Waals surface area contributed by atoms with Crippen LogP contribution in [0.25, 0.3) is 0 Å². The lowest BCUT2D eigenvalue weighted by Gasteiger charge is -2.28. The lowest BCUT2D eigenvalue weighted by atomic mass is 10.1. The first-order chi connectivity index (χ1) is 13.6. The molecule has 0 saturated carbocycles. The number of ether oxygens (including phenoxy) is 3. The molecule has 2 aromatic carbocycles. The van der Waals surface area contributed by atoms with Gasteiger partial charge in [-0.1, -0.05) is 30.3 Å². The third-order valence-corrected chi connectivity index (χ3v) is 4.47. The first-order valence-corrected chi connectivity index (χ1v) is 9.10. The van der Waals surface area contributed by atoms with Crippen LogP contribution in [0, 0.1) is 10.1 Å². The van der Waals surface area contributed by atoms with Gasteiger partial charge in [0.25, 0.3) is 5.69 Å². The van der Waals surface area contributed by atoms with E-state index in [1.807, 2.05) is 30.3 Å². The van der Waals surface area contributed by atoms with Crippen LogP contribution in [-0.2, 0) is 9.47 Å². The van der Waals surface area contributed by atoms with E-state index in [4.69, 9.17) is 14.2 Å². The number of hydrogen-bond acceptors (Lipinski definition) is 7. The molecule has 0 amide bonds. The Labute approximate surface area is 162 Å². The lowest BCUT2D eigenvalue weighted by Crippen LogP contribution is -2.37. The summed E-state index contributed by atoms with van der Waals surface area (Å²) >= 11 is 0. The van der Waals surface area contributed by atoms with Gasteiger partial charge < -0.3 is 14.2 Å². The van der Waals surface area contributed by atoms with Crippen molar-refractivity contribution in [3.8, 4) is 5.75 Å². The van der Waals surface area contributed by atoms with Crippen LogP contribution in [0.5, 0.6) is 5.75 Å². The third kappa shape index (κ3) is 5.77. The van der Waals surface area contributed by atoms with Gasteiger partial charge in [0.2, 0.25) is 0 Å². The standard InChI is InChI=1S/C20H22N2O6/c23-20(27-18-8-6-17(7-9-18)22(24)25)28-19(16-4-2-1-3-5-16)10-11-21-12-14-26-15-13-21/h1-9,19H,10-15H2/t19-/m1/s1. The summed E-state index contributed by atoms with van der Waals surface area (Å²) in [6, 6.07) is 14.8. The van der Waals surface area contributed by atoms with Crippen molar-refractivity contribution < 1.29 is 23.9 Å². The summed E-state index contributed by atoms with van der Waals surface area (Å²) in [5.41, 5.74) is 0.810. The van der Waals surface area contributed by atoms with Crippen LogP contribution in [0.3, 0.4) is 0 Å². The van der Waals surface area contributed by atoms with Crippen molar-refractivity contribution in [2.45, 2.75) is 12.5 Å². The van der Waals surface area contributed by atoms with Crippen molar-refractivity contribution >= 4 is 11.8 Å². The molecule has 3 rings (SSSR count). The first kappa shape index (κ1) is 19.8. The fourth-order valence-corrected chi connectivity index (χ4v) is 2.96. The predicted octanol–water partition coefficient (Wildman–Crippen LogP) is 3.57. The molecule has 1 aliphatic heterocycles. The molecule has 148 valence electrons. The van der Waals surface area contributed by atoms with Crippen LogP contribution >= 0.6 is 0 Å². The molecule has 0 spiro atoms. The van der Waals surface area contributed by atoms with Crippen molar-refractivity contribution in [2.24, 2.45) is 0 Å². The van der Waals surface area contributed by atoms with Crippen molar-refractivity contribution in [3.05, 3.63) is 70.3 Å². The Kier molecular flexibility index (Phi) is 6.94. The minimum absolute atomic E-state index is 0.0756. The Hall–Kier alpha value is -2.97. The van der Waals surface area contributed by atoms with Crippen LogP contribution in [-0.4, -0.2) is 48.8 Å². The Bertz CT molecular complexity index is 775. The van der Waals surface area contributed by atoms with Gasteiger partial charge in [-0.15, -0.1) is 0 Å². The van der Waals surface area contributed by atoms with Gasteiger partial charge in [0.1, 0.15) is 11.9 Å². The molecule has 0 unspecified atom stereocenters. The fraction of sp³-hybridized carbons (Fsp3) is 0.350. The van der Waals surface area contributed by atoms with E-state index in [2.05, 4.69) is 4.90 Å². The average Bonchev–Trinajstić information content (AvgIpc) is 2.73. The van der Waals surface area contributed by atoms with Gasteiger partial charge in [-0.05, 0) is 17.7 Å². The fourth-order valence-electron chi connectivity index (χ4n) is 2.96. The number of carbonyl (C=O) groups excluding carboxylic acids is 1. The number of hydrogen-bond donors (Lipinski definition) is 0. The molecular formula is C20H22N2O6. The molecule has 0 radical (unpaired) electrons. The number of benzene rings is 2. The minimum Gasteiger partial charge on any atom is -0.426 e. The first-order valence-electron chi connectivity index (χ1n) is 9.10. The predicted molar refractivity (Wildman–Crippen MR) is 101 cm³/mol. The van der Waals surface area contributed by atoms with Crippen LogP contribution in [0.15, 0.2) is 54.6 Å². The van der Waals surface area contributed by atoms with Crippen LogP contribution in [0.2, 0.25) is 0 Å². The summed E-state index contributed by atoms with van der Waals surface area (Å²) < 4.78 is 16.1. The average molecular weight is 386 g/mol. The van der Waals surface area contributed by atoms with Gasteiger partial charge in [-0.25, -0.2) is 4.79 Å². The number of nitro benzene ring substituents is 1. The van der Waals surface area contributed by atoms with E-state index in [1.165, 1.54) is 24.3 Å². The molecule has 0 bridgehead atoms. The highest BCUT2D eigenvalue weighted by Crippen LogP contribution is 2.24. The molecule has 28 heavy (non-hydrogen) atoms. The van der Waals surface area contributed by atoms with E-state index in [9.17, 15) is 14.9 Å². The van der Waals surface area contributed by atoms with Gasteiger partial charge >= 0.3 is 6.16 Å². The Morgan fingerprint density at radius 3 is 2.43 bits per heavy atom. The van der Waals surface area contributed by atoms with Gasteiger partial charge in [-0.3, -0.25) is 15.0 Å². The van der Waals surface area contributed by atoms with E-state index in [-0.39, 0.29) is 11.4 Å². The van der Waals surface area contributed by atoms with Gasteiger partial charge in [0, 0.05) is 38.2 Å². The van der Waals surface area contributed by atoms with E-state index < -0.39 is 17.2 Å². The Balaban J connectivity index is 1.61. The van der Waals surface area contributed by atoms with Gasteiger partial charge in [0.05, 0.1) is 18.1 Å². The molecular weight excluding hydrogens is 364 g/mol. The number of morpholine rings is 1. The monoisotopic (exact) mass is 386 g/mol. The van der Waals surface area contributed by atoms with E-state index in [1.54, 1.807) is 0 Å². The van der Waals surface area contributed by atoms with E-state index in [0.29, 0.717) is 19.6 Å². The van der Waals surface area contributed by atoms with Crippen molar-refractivity contribution in [1.29, 1.82) is 0 Å². The summed E-state index contributed by atoms with van der Waals surface area (Å²) in [4.78, 5) is 24.7. The van der Waals surface area contributed by atoms with Gasteiger partial charge in [-0.2, -0.15) is 0 Å². The van der Waals surface area contributed by atoms with Gasteiger partial charge in [0.15, 0.2) is 0 Å². The number of non-ortho nitro benzene ring substituents is 1. The van der Waals surface area contributed by atoms with Crippen molar-refractivity contribution in [3.63, 3.8) is 0 Å². The zero-order valence-electron chi connectivity index (χ0n) is 15.4. The Morgan fingerprint density at radius 1 is 1.11 bits per heavy atom. The zero-order chi connectivity index (χ0) is 19.8. The number of nitro groups is 1. The molecule has 1 saturated heterocycles. The molecule has 2 aromatic rings. The maximum atomic E-state index is 12.3. The summed E-state index contributed by atoms with van der Waals surface area (Å²) in [5, 5.41) is 10.7. The summed E-state index contributed by atoms with van der Waals surface area (Å²) in [5.74, 6) is 0.190. The second kappa shape index (κ2) is 9.82. The number of rotatable bonds is 7. The highest BCUT2D eigenvalue weighted by molar-refractivity contribution is 5.64. The number of nitrogens with zero attached hydrogens (tertiary/aromatic N) is 2. The van der Waals surface area contributed by atoms with Crippen molar-refractivity contribution in [1.82, 2.24) is 4.90 Å². The highest BCUT2D eigenvalue weighted by Gasteiger charge is 2.21. The van der Waals surface area contributed by atoms with Crippen LogP contribution in [0.1, 0.15) is 18.1 Å². The van der Waals surface area contributed by atoms with E-state index in [0.717, 1.165) is 25.2 Å². The topological polar surface area (TPSA) is 91.1 Å². The molecule has 0 aromatic heterocycles. The molecule has 0 N–H and O–H groups in total. The maximum absolute atomic E-state index is 12.3. The largest absolute Gasteiger partial charge is 0.514 e. The summed E-state index contributed by atoms with van der Waals surface area (Å²) in [7, 11) is 0. The summed E-state index contributed by atoms with van der Waals surface area (Å²) in [6.45, 7) is 3.90. The van der Waals surface area contributed by atoms with Crippen molar-refractivity contribution in [2.75, 3.05) is 32.8 Å². The SMILES string of the molecule is O=C(Oc1ccc([N+](=O)[O-])cc1)O[C@H](CCN1CCOCC1)c1ccccc1. The molecule has 1 aliphatic rings. The Morgan fingerprint density at radius 2 is 1.79 bits per heavy atom. The molecule has 1 fully saturated rings. The minimum atomic E-state index is -0.843. The molecule has 0 aliphatic carbocycles. The second-order valence-corrected chi connectivity index (χ2v) is 6.36. The lowest BCUT2D eigenvalue weighted by molar-refractivity contribution is -0.384. The van der Waals surface area contributed by atoms with Crippen LogP contribution in [0.4, 0.5) is 10.5 Å². The molecule has 1 heterocycles. The molecule has 8 heteroatoms. The zero-order valence-corrected chi connectivity index (χ0v) is 15.4. The van der Waals surface area contributed by atoms with Crippen LogP contribution < -0.4 is 4.74 Å². The molecule has 1 atom stereocenters.